The Kier molecular flexibility index (Phi) is 18.4. The summed E-state index contributed by atoms with van der Waals surface area (Å²) in [4.78, 5) is 0. The summed E-state index contributed by atoms with van der Waals surface area (Å²) in [6.45, 7) is 10.1. The highest BCUT2D eigenvalue weighted by Crippen LogP contribution is 2.17. The molecule has 0 aliphatic rings. The van der Waals surface area contributed by atoms with Crippen LogP contribution in [0, 0.1) is 0 Å². The van der Waals surface area contributed by atoms with E-state index in [-0.39, 0.29) is 48.0 Å². The first-order valence-electron chi connectivity index (χ1n) is 11.9. The predicted molar refractivity (Wildman–Crippen MR) is 116 cm³/mol. The molecule has 2 heterocycles. The molecule has 0 aliphatic heterocycles. The van der Waals surface area contributed by atoms with Gasteiger partial charge < -0.3 is 48.0 Å². The SMILES string of the molecule is CCCCCCCCCCC(C[n+]1ccn(CCC)c1)n1cc[n+](CCC)c1.[I-].[I-]. The maximum absolute atomic E-state index is 2.45. The van der Waals surface area contributed by atoms with Crippen LogP contribution in [0.3, 0.4) is 0 Å². The number of hydrogen-bond acceptors (Lipinski definition) is 0. The first-order chi connectivity index (χ1) is 13.8. The van der Waals surface area contributed by atoms with E-state index < -0.39 is 0 Å². The van der Waals surface area contributed by atoms with Crippen molar-refractivity contribution in [3.05, 3.63) is 37.4 Å². The first kappa shape index (κ1) is 29.9. The minimum absolute atomic E-state index is 0. The van der Waals surface area contributed by atoms with Gasteiger partial charge in [0, 0.05) is 0 Å². The monoisotopic (exact) mass is 642 g/mol. The Hall–Kier alpha value is -0.120. The molecule has 0 spiro atoms. The topological polar surface area (TPSA) is 17.6 Å². The Balaban J connectivity index is 0.00000420. The Labute approximate surface area is 219 Å². The smallest absolute Gasteiger partial charge is 0.244 e. The third-order valence-corrected chi connectivity index (χ3v) is 5.66. The summed E-state index contributed by atoms with van der Waals surface area (Å²) in [5.41, 5.74) is 0. The van der Waals surface area contributed by atoms with Crippen molar-refractivity contribution >= 4 is 0 Å². The van der Waals surface area contributed by atoms with Gasteiger partial charge in [0.15, 0.2) is 0 Å². The normalized spacial score (nSPS) is 11.7. The number of aryl methyl sites for hydroxylation is 2. The molecule has 0 N–H and O–H groups in total. The van der Waals surface area contributed by atoms with Gasteiger partial charge in [0.2, 0.25) is 12.7 Å². The van der Waals surface area contributed by atoms with Gasteiger partial charge in [-0.25, -0.2) is 18.3 Å². The summed E-state index contributed by atoms with van der Waals surface area (Å²) < 4.78 is 9.45. The van der Waals surface area contributed by atoms with E-state index in [0.29, 0.717) is 6.04 Å². The first-order valence-corrected chi connectivity index (χ1v) is 11.9. The zero-order chi connectivity index (χ0) is 20.0. The van der Waals surface area contributed by atoms with Gasteiger partial charge in [-0.15, -0.1) is 0 Å². The highest BCUT2D eigenvalue weighted by Gasteiger charge is 2.20. The maximum atomic E-state index is 2.45. The molecule has 0 bridgehead atoms. The highest BCUT2D eigenvalue weighted by atomic mass is 127. The van der Waals surface area contributed by atoms with E-state index in [1.54, 1.807) is 0 Å². The zero-order valence-electron chi connectivity index (χ0n) is 19.5. The molecule has 0 amide bonds. The molecule has 2 aromatic heterocycles. The molecule has 0 aromatic carbocycles. The fourth-order valence-electron chi connectivity index (χ4n) is 4.05. The summed E-state index contributed by atoms with van der Waals surface area (Å²) in [5.74, 6) is 0. The lowest BCUT2D eigenvalue weighted by Gasteiger charge is -2.12. The number of nitrogens with zero attached hydrogens (tertiary/aromatic N) is 4. The lowest BCUT2D eigenvalue weighted by atomic mass is 10.0. The van der Waals surface area contributed by atoms with Gasteiger partial charge in [0.25, 0.3) is 0 Å². The van der Waals surface area contributed by atoms with Crippen molar-refractivity contribution < 1.29 is 57.1 Å². The van der Waals surface area contributed by atoms with Crippen molar-refractivity contribution in [3.63, 3.8) is 0 Å². The van der Waals surface area contributed by atoms with Crippen LogP contribution >= 0.6 is 0 Å². The zero-order valence-corrected chi connectivity index (χ0v) is 23.8. The molecule has 1 unspecified atom stereocenters. The van der Waals surface area contributed by atoms with Crippen molar-refractivity contribution in [2.45, 2.75) is 117 Å². The molecular formula is C24H44I2N4. The highest BCUT2D eigenvalue weighted by molar-refractivity contribution is 4.75. The Morgan fingerprint density at radius 2 is 1.37 bits per heavy atom. The van der Waals surface area contributed by atoms with Crippen LogP contribution in [-0.4, -0.2) is 9.13 Å². The largest absolute Gasteiger partial charge is 1.00 e. The second-order valence-electron chi connectivity index (χ2n) is 8.36. The maximum Gasteiger partial charge on any atom is 0.244 e. The molecule has 2 aromatic rings. The van der Waals surface area contributed by atoms with Gasteiger partial charge in [-0.2, -0.15) is 0 Å². The quantitative estimate of drug-likeness (QED) is 0.133. The number of rotatable bonds is 16. The Bertz CT molecular complexity index is 639. The van der Waals surface area contributed by atoms with Crippen LogP contribution in [0.4, 0.5) is 0 Å². The number of aromatic nitrogens is 4. The van der Waals surface area contributed by atoms with Gasteiger partial charge in [0.05, 0.1) is 13.1 Å². The van der Waals surface area contributed by atoms with Crippen molar-refractivity contribution in [1.82, 2.24) is 9.13 Å². The molecular weight excluding hydrogens is 598 g/mol. The van der Waals surface area contributed by atoms with Crippen molar-refractivity contribution in [1.29, 1.82) is 0 Å². The average Bonchev–Trinajstić information content (AvgIpc) is 3.33. The van der Waals surface area contributed by atoms with Crippen LogP contribution in [0.1, 0.15) is 97.4 Å². The van der Waals surface area contributed by atoms with Crippen LogP contribution in [-0.2, 0) is 19.6 Å². The van der Waals surface area contributed by atoms with Gasteiger partial charge in [-0.3, -0.25) is 0 Å². The lowest BCUT2D eigenvalue weighted by molar-refractivity contribution is -0.705. The third kappa shape index (κ3) is 11.5. The van der Waals surface area contributed by atoms with E-state index >= 15 is 0 Å². The van der Waals surface area contributed by atoms with Crippen molar-refractivity contribution in [3.8, 4) is 0 Å². The third-order valence-electron chi connectivity index (χ3n) is 5.66. The fraction of sp³-hybridized carbons (Fsp3) is 0.750. The lowest BCUT2D eigenvalue weighted by Crippen LogP contribution is -3.00. The molecule has 30 heavy (non-hydrogen) atoms. The van der Waals surface area contributed by atoms with E-state index in [9.17, 15) is 0 Å². The number of imidazole rings is 2. The summed E-state index contributed by atoms with van der Waals surface area (Å²) in [5, 5.41) is 0. The molecule has 4 nitrogen and oxygen atoms in total. The Morgan fingerprint density at radius 3 is 2.03 bits per heavy atom. The number of unbranched alkanes of at least 4 members (excludes halogenated alkanes) is 7. The van der Waals surface area contributed by atoms with Gasteiger partial charge in [-0.1, -0.05) is 65.7 Å². The van der Waals surface area contributed by atoms with Crippen LogP contribution in [0.15, 0.2) is 37.4 Å². The van der Waals surface area contributed by atoms with E-state index in [1.165, 1.54) is 70.6 Å². The standard InChI is InChI=1S/C24H44N4.2HI/c1-4-7-8-9-10-11-12-13-14-24(28-20-19-26(23-28)16-6-3)21-27-18-17-25(22-27)15-5-2;;/h17-20,22-24H,4-16,21H2,1-3H3;2*1H/q+2;;/p-2. The van der Waals surface area contributed by atoms with Crippen molar-refractivity contribution in [2.24, 2.45) is 0 Å². The minimum Gasteiger partial charge on any atom is -1.00 e. The van der Waals surface area contributed by atoms with Crippen LogP contribution in [0.5, 0.6) is 0 Å². The minimum atomic E-state index is 0. The molecule has 1 atom stereocenters. The average molecular weight is 642 g/mol. The Morgan fingerprint density at radius 1 is 0.700 bits per heavy atom. The molecule has 6 heteroatoms. The van der Waals surface area contributed by atoms with Crippen molar-refractivity contribution in [2.75, 3.05) is 0 Å². The summed E-state index contributed by atoms with van der Waals surface area (Å²) in [6, 6.07) is 0.542. The van der Waals surface area contributed by atoms with E-state index in [0.717, 1.165) is 19.6 Å². The molecule has 0 radical (unpaired) electrons. The summed E-state index contributed by atoms with van der Waals surface area (Å²) in [7, 11) is 0. The fourth-order valence-corrected chi connectivity index (χ4v) is 4.05. The molecule has 0 saturated carbocycles. The van der Waals surface area contributed by atoms with E-state index in [1.807, 2.05) is 0 Å². The van der Waals surface area contributed by atoms with Crippen LogP contribution in [0.25, 0.3) is 0 Å². The molecule has 2 rings (SSSR count). The van der Waals surface area contributed by atoms with Gasteiger partial charge in [-0.05, 0) is 25.7 Å². The van der Waals surface area contributed by atoms with E-state index in [4.69, 9.17) is 0 Å². The molecule has 0 fully saturated rings. The van der Waals surface area contributed by atoms with E-state index in [2.05, 4.69) is 76.5 Å². The summed E-state index contributed by atoms with van der Waals surface area (Å²) in [6.07, 6.45) is 28.3. The number of hydrogen-bond donors (Lipinski definition) is 0. The number of halogens is 2. The molecule has 0 aliphatic carbocycles. The van der Waals surface area contributed by atoms with Crippen LogP contribution < -0.4 is 57.1 Å². The molecule has 174 valence electrons. The summed E-state index contributed by atoms with van der Waals surface area (Å²) >= 11 is 0. The second kappa shape index (κ2) is 18.5. The van der Waals surface area contributed by atoms with Crippen LogP contribution in [0.2, 0.25) is 0 Å². The van der Waals surface area contributed by atoms with Gasteiger partial charge in [0.1, 0.15) is 37.4 Å². The molecule has 0 saturated heterocycles. The predicted octanol–water partition coefficient (Wildman–Crippen LogP) is -0.535. The second-order valence-corrected chi connectivity index (χ2v) is 8.36. The van der Waals surface area contributed by atoms with Gasteiger partial charge >= 0.3 is 0 Å².